The van der Waals surface area contributed by atoms with Crippen molar-refractivity contribution >= 4 is 27.2 Å². The molecule has 0 saturated carbocycles. The van der Waals surface area contributed by atoms with Gasteiger partial charge in [0.25, 0.3) is 0 Å². The second-order valence-electron chi connectivity index (χ2n) is 5.61. The van der Waals surface area contributed by atoms with E-state index in [1.807, 2.05) is 18.2 Å². The van der Waals surface area contributed by atoms with Crippen molar-refractivity contribution in [3.63, 3.8) is 0 Å². The van der Waals surface area contributed by atoms with Gasteiger partial charge in [-0.3, -0.25) is 0 Å². The number of ether oxygens (including phenoxy) is 1. The van der Waals surface area contributed by atoms with Gasteiger partial charge < -0.3 is 10.5 Å². The number of anilines is 1. The van der Waals surface area contributed by atoms with Crippen LogP contribution >= 0.6 is 0 Å². The molecule has 2 nitrogen and oxygen atoms in total. The Morgan fingerprint density at radius 1 is 0.739 bits per heavy atom. The van der Waals surface area contributed by atoms with E-state index in [2.05, 4.69) is 54.6 Å². The summed E-state index contributed by atoms with van der Waals surface area (Å²) in [4.78, 5) is 0. The third kappa shape index (κ3) is 2.11. The minimum Gasteiger partial charge on any atom is -0.496 e. The van der Waals surface area contributed by atoms with Crippen molar-refractivity contribution in [2.75, 3.05) is 12.8 Å². The van der Waals surface area contributed by atoms with Gasteiger partial charge in [-0.25, -0.2) is 0 Å². The van der Waals surface area contributed by atoms with Gasteiger partial charge in [0, 0.05) is 16.6 Å². The molecule has 0 aromatic heterocycles. The molecule has 2 N–H and O–H groups in total. The molecule has 112 valence electrons. The monoisotopic (exact) mass is 299 g/mol. The van der Waals surface area contributed by atoms with E-state index >= 15 is 0 Å². The van der Waals surface area contributed by atoms with E-state index < -0.39 is 0 Å². The number of methoxy groups -OCH3 is 1. The lowest BCUT2D eigenvalue weighted by molar-refractivity contribution is 0.417. The molecule has 0 unspecified atom stereocenters. The van der Waals surface area contributed by atoms with E-state index in [4.69, 9.17) is 10.5 Å². The Balaban J connectivity index is 2.19. The largest absolute Gasteiger partial charge is 0.496 e. The summed E-state index contributed by atoms with van der Waals surface area (Å²) in [6.07, 6.45) is 0. The maximum atomic E-state index is 6.29. The highest BCUT2D eigenvalue weighted by Crippen LogP contribution is 2.41. The maximum absolute atomic E-state index is 6.29. The lowest BCUT2D eigenvalue weighted by Crippen LogP contribution is -1.93. The van der Waals surface area contributed by atoms with E-state index in [9.17, 15) is 0 Å². The summed E-state index contributed by atoms with van der Waals surface area (Å²) < 4.78 is 5.66. The van der Waals surface area contributed by atoms with Crippen LogP contribution in [0.15, 0.2) is 72.8 Å². The zero-order valence-electron chi connectivity index (χ0n) is 12.9. The third-order valence-electron chi connectivity index (χ3n) is 4.32. The van der Waals surface area contributed by atoms with E-state index in [-0.39, 0.29) is 0 Å². The Labute approximate surface area is 135 Å². The molecule has 0 fully saturated rings. The SMILES string of the molecule is COc1ccc2ccccc2c1-c1cccc2cccc(N)c12. The predicted octanol–water partition coefficient (Wildman–Crippen LogP) is 5.25. The Kier molecular flexibility index (Phi) is 3.16. The van der Waals surface area contributed by atoms with Gasteiger partial charge in [-0.2, -0.15) is 0 Å². The van der Waals surface area contributed by atoms with Crippen LogP contribution in [0.25, 0.3) is 32.7 Å². The summed E-state index contributed by atoms with van der Waals surface area (Å²) in [6.45, 7) is 0. The van der Waals surface area contributed by atoms with Gasteiger partial charge >= 0.3 is 0 Å². The van der Waals surface area contributed by atoms with Gasteiger partial charge in [0.15, 0.2) is 0 Å². The van der Waals surface area contributed by atoms with Crippen molar-refractivity contribution in [1.82, 2.24) is 0 Å². The molecule has 23 heavy (non-hydrogen) atoms. The van der Waals surface area contributed by atoms with Gasteiger partial charge in [0.2, 0.25) is 0 Å². The van der Waals surface area contributed by atoms with E-state index in [1.165, 1.54) is 10.8 Å². The smallest absolute Gasteiger partial charge is 0.127 e. The number of nitrogen functional groups attached to an aromatic ring is 1. The van der Waals surface area contributed by atoms with Crippen LogP contribution in [0.2, 0.25) is 0 Å². The first-order valence-electron chi connectivity index (χ1n) is 7.63. The van der Waals surface area contributed by atoms with Crippen LogP contribution in [0.1, 0.15) is 0 Å². The van der Waals surface area contributed by atoms with Crippen molar-refractivity contribution in [2.45, 2.75) is 0 Å². The highest BCUT2D eigenvalue weighted by atomic mass is 16.5. The Bertz CT molecular complexity index is 1020. The minimum absolute atomic E-state index is 0.785. The topological polar surface area (TPSA) is 35.2 Å². The molecule has 0 bridgehead atoms. The molecule has 2 heteroatoms. The van der Waals surface area contributed by atoms with Crippen LogP contribution in [0, 0.1) is 0 Å². The van der Waals surface area contributed by atoms with Gasteiger partial charge in [0.05, 0.1) is 7.11 Å². The average Bonchev–Trinajstić information content (AvgIpc) is 2.60. The van der Waals surface area contributed by atoms with Gasteiger partial charge in [0.1, 0.15) is 5.75 Å². The molecular weight excluding hydrogens is 282 g/mol. The number of hydrogen-bond donors (Lipinski definition) is 1. The molecule has 0 amide bonds. The Hall–Kier alpha value is -3.00. The minimum atomic E-state index is 0.785. The van der Waals surface area contributed by atoms with Crippen molar-refractivity contribution in [1.29, 1.82) is 0 Å². The summed E-state index contributed by atoms with van der Waals surface area (Å²) in [5.41, 5.74) is 9.27. The molecule has 0 aliphatic heterocycles. The molecule has 0 heterocycles. The molecular formula is C21H17NO. The maximum Gasteiger partial charge on any atom is 0.127 e. The Morgan fingerprint density at radius 2 is 1.48 bits per heavy atom. The quantitative estimate of drug-likeness (QED) is 0.513. The van der Waals surface area contributed by atoms with E-state index in [1.54, 1.807) is 7.11 Å². The van der Waals surface area contributed by atoms with Crippen molar-refractivity contribution in [2.24, 2.45) is 0 Å². The van der Waals surface area contributed by atoms with E-state index in [0.717, 1.165) is 33.3 Å². The summed E-state index contributed by atoms with van der Waals surface area (Å²) in [5.74, 6) is 0.861. The van der Waals surface area contributed by atoms with Crippen LogP contribution in [0.4, 0.5) is 5.69 Å². The zero-order chi connectivity index (χ0) is 15.8. The molecule has 0 atom stereocenters. The fourth-order valence-corrected chi connectivity index (χ4v) is 3.28. The van der Waals surface area contributed by atoms with Crippen LogP contribution in [0.3, 0.4) is 0 Å². The van der Waals surface area contributed by atoms with Crippen LogP contribution < -0.4 is 10.5 Å². The van der Waals surface area contributed by atoms with Gasteiger partial charge in [-0.05, 0) is 33.9 Å². The van der Waals surface area contributed by atoms with Gasteiger partial charge in [-0.1, -0.05) is 60.7 Å². The number of benzene rings is 4. The first-order chi connectivity index (χ1) is 11.3. The highest BCUT2D eigenvalue weighted by Gasteiger charge is 2.14. The van der Waals surface area contributed by atoms with Crippen LogP contribution in [0.5, 0.6) is 5.75 Å². The van der Waals surface area contributed by atoms with Crippen LogP contribution in [-0.4, -0.2) is 7.11 Å². The number of nitrogens with two attached hydrogens (primary N) is 1. The summed E-state index contributed by atoms with van der Waals surface area (Å²) in [7, 11) is 1.71. The average molecular weight is 299 g/mol. The standard InChI is InChI=1S/C21H17NO/c1-23-19-13-12-14-6-2-3-9-16(14)21(19)17-10-4-7-15-8-5-11-18(22)20(15)17/h2-13H,22H2,1H3. The highest BCUT2D eigenvalue weighted by molar-refractivity contribution is 6.11. The lowest BCUT2D eigenvalue weighted by Gasteiger charge is -2.15. The molecule has 4 aromatic carbocycles. The predicted molar refractivity (Wildman–Crippen MR) is 97.9 cm³/mol. The van der Waals surface area contributed by atoms with Crippen molar-refractivity contribution < 1.29 is 4.74 Å². The van der Waals surface area contributed by atoms with Gasteiger partial charge in [-0.15, -0.1) is 0 Å². The molecule has 0 spiro atoms. The lowest BCUT2D eigenvalue weighted by atomic mass is 9.92. The molecule has 4 rings (SSSR count). The first-order valence-corrected chi connectivity index (χ1v) is 7.63. The first kappa shape index (κ1) is 13.6. The second kappa shape index (κ2) is 5.33. The number of fused-ring (bicyclic) bond motifs is 2. The normalized spacial score (nSPS) is 11.0. The molecule has 4 aromatic rings. The molecule has 0 aliphatic rings. The molecule has 0 saturated heterocycles. The fraction of sp³-hybridized carbons (Fsp3) is 0.0476. The summed E-state index contributed by atoms with van der Waals surface area (Å²) in [6, 6.07) is 24.8. The summed E-state index contributed by atoms with van der Waals surface area (Å²) in [5, 5.41) is 4.57. The fourth-order valence-electron chi connectivity index (χ4n) is 3.28. The number of hydrogen-bond acceptors (Lipinski definition) is 2. The van der Waals surface area contributed by atoms with Crippen molar-refractivity contribution in [3.8, 4) is 16.9 Å². The Morgan fingerprint density at radius 3 is 2.30 bits per heavy atom. The van der Waals surface area contributed by atoms with Crippen molar-refractivity contribution in [3.05, 3.63) is 72.8 Å². The summed E-state index contributed by atoms with van der Waals surface area (Å²) >= 11 is 0. The third-order valence-corrected chi connectivity index (χ3v) is 4.32. The number of rotatable bonds is 2. The van der Waals surface area contributed by atoms with E-state index in [0.29, 0.717) is 0 Å². The van der Waals surface area contributed by atoms with Crippen LogP contribution in [-0.2, 0) is 0 Å². The second-order valence-corrected chi connectivity index (χ2v) is 5.61. The molecule has 0 aliphatic carbocycles. The molecule has 0 radical (unpaired) electrons. The zero-order valence-corrected chi connectivity index (χ0v) is 12.9.